The highest BCUT2D eigenvalue weighted by Crippen LogP contribution is 2.34. The Balaban J connectivity index is 2.25. The molecule has 0 saturated heterocycles. The molecule has 0 atom stereocenters. The quantitative estimate of drug-likeness (QED) is 0.634. The van der Waals surface area contributed by atoms with Gasteiger partial charge in [0, 0.05) is 6.20 Å². The lowest BCUT2D eigenvalue weighted by atomic mass is 10.1. The summed E-state index contributed by atoms with van der Waals surface area (Å²) >= 11 is 0. The van der Waals surface area contributed by atoms with E-state index in [1.807, 2.05) is 12.4 Å². The fraction of sp³-hybridized carbons (Fsp3) is 0.667. The lowest BCUT2D eigenvalue weighted by Gasteiger charge is -1.97. The standard InChI is InChI=1S/C9H14N2/c1-7(2)8-5-10-11(6-8)9-3-4-9/h5-7,9H,3-4H2,1-2H3/i9D. The van der Waals surface area contributed by atoms with Crippen molar-refractivity contribution >= 4 is 0 Å². The summed E-state index contributed by atoms with van der Waals surface area (Å²) in [6.07, 6.45) is 5.78. The van der Waals surface area contributed by atoms with Gasteiger partial charge in [0.2, 0.25) is 0 Å². The Morgan fingerprint density at radius 1 is 1.73 bits per heavy atom. The highest BCUT2D eigenvalue weighted by Gasteiger charge is 2.24. The van der Waals surface area contributed by atoms with E-state index in [9.17, 15) is 0 Å². The van der Waals surface area contributed by atoms with Crippen LogP contribution in [0.5, 0.6) is 0 Å². The molecule has 60 valence electrons. The SMILES string of the molecule is [2H]C1(n2cc(C(C)C)cn2)CC1. The molecule has 1 fully saturated rings. The van der Waals surface area contributed by atoms with E-state index in [4.69, 9.17) is 1.37 Å². The molecule has 0 unspecified atom stereocenters. The molecule has 2 rings (SSSR count). The second-order valence-corrected chi connectivity index (χ2v) is 3.44. The molecular formula is C9H14N2. The third kappa shape index (κ3) is 1.30. The molecule has 1 aliphatic rings. The average Bonchev–Trinajstić information content (AvgIpc) is 2.61. The van der Waals surface area contributed by atoms with Gasteiger partial charge in [0.15, 0.2) is 0 Å². The zero-order valence-corrected chi connectivity index (χ0v) is 7.04. The van der Waals surface area contributed by atoms with Crippen molar-refractivity contribution in [2.24, 2.45) is 0 Å². The van der Waals surface area contributed by atoms with Gasteiger partial charge in [0.25, 0.3) is 0 Å². The molecule has 11 heavy (non-hydrogen) atoms. The predicted molar refractivity (Wildman–Crippen MR) is 44.6 cm³/mol. The summed E-state index contributed by atoms with van der Waals surface area (Å²) in [4.78, 5) is 0. The van der Waals surface area contributed by atoms with Crippen molar-refractivity contribution in [2.75, 3.05) is 0 Å². The van der Waals surface area contributed by atoms with Crippen LogP contribution in [0.3, 0.4) is 0 Å². The minimum Gasteiger partial charge on any atom is -0.269 e. The summed E-state index contributed by atoms with van der Waals surface area (Å²) in [5.74, 6) is 0.515. The minimum absolute atomic E-state index is 0.396. The number of hydrogen-bond acceptors (Lipinski definition) is 1. The van der Waals surface area contributed by atoms with Crippen LogP contribution in [0, 0.1) is 0 Å². The molecular weight excluding hydrogens is 136 g/mol. The number of hydrogen-bond donors (Lipinski definition) is 0. The Morgan fingerprint density at radius 2 is 2.45 bits per heavy atom. The Morgan fingerprint density at radius 3 is 2.91 bits per heavy atom. The van der Waals surface area contributed by atoms with E-state index in [2.05, 4.69) is 18.9 Å². The molecule has 1 aliphatic carbocycles. The van der Waals surface area contributed by atoms with E-state index in [-0.39, 0.29) is 0 Å². The second kappa shape index (κ2) is 2.36. The van der Waals surface area contributed by atoms with Crippen molar-refractivity contribution in [1.82, 2.24) is 9.78 Å². The monoisotopic (exact) mass is 151 g/mol. The van der Waals surface area contributed by atoms with Gasteiger partial charge in [-0.2, -0.15) is 5.10 Å². The van der Waals surface area contributed by atoms with E-state index >= 15 is 0 Å². The highest BCUT2D eigenvalue weighted by molar-refractivity contribution is 5.09. The maximum Gasteiger partial charge on any atom is 0.0552 e. The normalized spacial score (nSPS) is 21.9. The van der Waals surface area contributed by atoms with Crippen LogP contribution in [-0.4, -0.2) is 9.78 Å². The molecule has 0 spiro atoms. The maximum absolute atomic E-state index is 7.84. The number of rotatable bonds is 2. The van der Waals surface area contributed by atoms with E-state index in [1.165, 1.54) is 5.56 Å². The van der Waals surface area contributed by atoms with Gasteiger partial charge in [0.05, 0.1) is 13.6 Å². The molecule has 0 radical (unpaired) electrons. The Bertz CT molecular complexity index is 286. The lowest BCUT2D eigenvalue weighted by Crippen LogP contribution is -1.92. The van der Waals surface area contributed by atoms with Gasteiger partial charge in [-0.05, 0) is 24.3 Å². The summed E-state index contributed by atoms with van der Waals surface area (Å²) in [5.41, 5.74) is 1.23. The summed E-state index contributed by atoms with van der Waals surface area (Å²) in [5, 5.41) is 4.20. The molecule has 1 aromatic rings. The van der Waals surface area contributed by atoms with Gasteiger partial charge in [-0.1, -0.05) is 13.8 Å². The van der Waals surface area contributed by atoms with Crippen LogP contribution >= 0.6 is 0 Å². The van der Waals surface area contributed by atoms with E-state index < -0.39 is 6.02 Å². The van der Waals surface area contributed by atoms with Crippen LogP contribution < -0.4 is 0 Å². The first-order chi connectivity index (χ1) is 5.62. The van der Waals surface area contributed by atoms with Crippen molar-refractivity contribution < 1.29 is 1.37 Å². The van der Waals surface area contributed by atoms with E-state index in [1.54, 1.807) is 4.68 Å². The lowest BCUT2D eigenvalue weighted by molar-refractivity contribution is 0.640. The fourth-order valence-electron chi connectivity index (χ4n) is 1.09. The molecule has 0 aliphatic heterocycles. The Hall–Kier alpha value is -0.790. The smallest absolute Gasteiger partial charge is 0.0552 e. The largest absolute Gasteiger partial charge is 0.269 e. The van der Waals surface area contributed by atoms with Gasteiger partial charge >= 0.3 is 0 Å². The summed E-state index contributed by atoms with van der Waals surface area (Å²) in [6.45, 7) is 4.29. The molecule has 1 saturated carbocycles. The second-order valence-electron chi connectivity index (χ2n) is 3.44. The zero-order valence-electron chi connectivity index (χ0n) is 8.04. The van der Waals surface area contributed by atoms with Crippen LogP contribution in [0.25, 0.3) is 0 Å². The summed E-state index contributed by atoms with van der Waals surface area (Å²) < 4.78 is 9.63. The topological polar surface area (TPSA) is 17.8 Å². The number of aromatic nitrogens is 2. The van der Waals surface area contributed by atoms with Gasteiger partial charge in [-0.15, -0.1) is 0 Å². The molecule has 0 bridgehead atoms. The van der Waals surface area contributed by atoms with Crippen LogP contribution in [0.1, 0.15) is 45.6 Å². The first-order valence-corrected chi connectivity index (χ1v) is 4.17. The summed E-state index contributed by atoms with van der Waals surface area (Å²) in [7, 11) is 0. The zero-order chi connectivity index (χ0) is 8.77. The van der Waals surface area contributed by atoms with Crippen molar-refractivity contribution in [1.29, 1.82) is 0 Å². The Kier molecular flexibility index (Phi) is 1.25. The van der Waals surface area contributed by atoms with Crippen LogP contribution in [-0.2, 0) is 0 Å². The van der Waals surface area contributed by atoms with Crippen LogP contribution in [0.4, 0.5) is 0 Å². The molecule has 0 amide bonds. The minimum atomic E-state index is -0.396. The first kappa shape index (κ1) is 5.81. The number of nitrogens with zero attached hydrogens (tertiary/aromatic N) is 2. The average molecular weight is 151 g/mol. The molecule has 1 aromatic heterocycles. The first-order valence-electron chi connectivity index (χ1n) is 4.67. The Labute approximate surface area is 68.6 Å². The summed E-state index contributed by atoms with van der Waals surface area (Å²) in [6, 6.07) is -0.396. The van der Waals surface area contributed by atoms with Crippen LogP contribution in [0.15, 0.2) is 12.4 Å². The predicted octanol–water partition coefficient (Wildman–Crippen LogP) is 2.34. The molecule has 2 heteroatoms. The van der Waals surface area contributed by atoms with Gasteiger partial charge < -0.3 is 0 Å². The maximum atomic E-state index is 7.84. The molecule has 0 N–H and O–H groups in total. The van der Waals surface area contributed by atoms with Gasteiger partial charge in [-0.25, -0.2) is 0 Å². The van der Waals surface area contributed by atoms with E-state index in [0.29, 0.717) is 5.92 Å². The third-order valence-corrected chi connectivity index (χ3v) is 2.07. The van der Waals surface area contributed by atoms with Crippen molar-refractivity contribution in [3.63, 3.8) is 0 Å². The molecule has 2 nitrogen and oxygen atoms in total. The van der Waals surface area contributed by atoms with E-state index in [0.717, 1.165) is 12.8 Å². The van der Waals surface area contributed by atoms with Crippen LogP contribution in [0.2, 0.25) is 0 Å². The third-order valence-electron chi connectivity index (χ3n) is 2.07. The molecule has 0 aromatic carbocycles. The fourth-order valence-corrected chi connectivity index (χ4v) is 1.09. The highest BCUT2D eigenvalue weighted by atomic mass is 15.3. The van der Waals surface area contributed by atoms with Crippen molar-refractivity contribution in [2.45, 2.75) is 38.6 Å². The van der Waals surface area contributed by atoms with Crippen molar-refractivity contribution in [3.8, 4) is 0 Å². The molecule has 1 heterocycles. The van der Waals surface area contributed by atoms with Gasteiger partial charge in [-0.3, -0.25) is 4.68 Å². The van der Waals surface area contributed by atoms with Crippen molar-refractivity contribution in [3.05, 3.63) is 18.0 Å². The van der Waals surface area contributed by atoms with Gasteiger partial charge in [0.1, 0.15) is 0 Å².